The molecule has 1 aliphatic carbocycles. The van der Waals surface area contributed by atoms with Gasteiger partial charge in [-0.25, -0.2) is 0 Å². The molecule has 1 unspecified atom stereocenters. The van der Waals surface area contributed by atoms with Crippen molar-refractivity contribution >= 4 is 11.6 Å². The molecule has 0 radical (unpaired) electrons. The van der Waals surface area contributed by atoms with Crippen molar-refractivity contribution in [2.24, 2.45) is 5.16 Å². The number of rotatable bonds is 2. The van der Waals surface area contributed by atoms with Crippen molar-refractivity contribution in [2.45, 2.75) is 19.4 Å². The van der Waals surface area contributed by atoms with Crippen LogP contribution >= 0.6 is 0 Å². The Kier molecular flexibility index (Phi) is 2.90. The predicted octanol–water partition coefficient (Wildman–Crippen LogP) is 1.62. The second-order valence-electron chi connectivity index (χ2n) is 3.76. The lowest BCUT2D eigenvalue weighted by Gasteiger charge is -2.23. The van der Waals surface area contributed by atoms with Gasteiger partial charge in [0.1, 0.15) is 7.11 Å². The normalized spacial score (nSPS) is 26.5. The maximum absolute atomic E-state index is 12.0. The van der Waals surface area contributed by atoms with Crippen LogP contribution in [0.25, 0.3) is 0 Å². The first-order valence-corrected chi connectivity index (χ1v) is 5.20. The molecule has 0 aromatic heterocycles. The van der Waals surface area contributed by atoms with Crippen LogP contribution in [-0.2, 0) is 9.63 Å². The Balaban J connectivity index is 2.20. The number of hydrogen-bond acceptors (Lipinski definition) is 3. The highest BCUT2D eigenvalue weighted by Crippen LogP contribution is 2.20. The van der Waals surface area contributed by atoms with Gasteiger partial charge in [-0.1, -0.05) is 29.5 Å². The van der Waals surface area contributed by atoms with E-state index in [1.54, 1.807) is 4.90 Å². The SMILES string of the molecule is CO/N=C1\C(=O)N(C2C=CC=CC2)C=C1C. The zero-order chi connectivity index (χ0) is 11.5. The summed E-state index contributed by atoms with van der Waals surface area (Å²) in [5, 5.41) is 3.75. The maximum atomic E-state index is 12.0. The van der Waals surface area contributed by atoms with E-state index in [-0.39, 0.29) is 11.9 Å². The van der Waals surface area contributed by atoms with Gasteiger partial charge in [0, 0.05) is 11.8 Å². The summed E-state index contributed by atoms with van der Waals surface area (Å²) in [6, 6.07) is 0.0945. The third kappa shape index (κ3) is 1.78. The molecule has 0 bridgehead atoms. The van der Waals surface area contributed by atoms with Crippen molar-refractivity contribution in [2.75, 3.05) is 7.11 Å². The van der Waals surface area contributed by atoms with Gasteiger partial charge in [-0.15, -0.1) is 0 Å². The molecule has 0 spiro atoms. The van der Waals surface area contributed by atoms with Gasteiger partial charge in [0.05, 0.1) is 6.04 Å². The van der Waals surface area contributed by atoms with Crippen LogP contribution < -0.4 is 0 Å². The topological polar surface area (TPSA) is 41.9 Å². The smallest absolute Gasteiger partial charge is 0.280 e. The molecule has 0 fully saturated rings. The molecule has 2 rings (SSSR count). The van der Waals surface area contributed by atoms with Crippen LogP contribution in [0.5, 0.6) is 0 Å². The van der Waals surface area contributed by atoms with E-state index in [1.165, 1.54) is 7.11 Å². The summed E-state index contributed by atoms with van der Waals surface area (Å²) in [7, 11) is 1.44. The molecule has 1 heterocycles. The van der Waals surface area contributed by atoms with E-state index < -0.39 is 0 Å². The molecule has 0 aromatic carbocycles. The molecule has 1 atom stereocenters. The Morgan fingerprint density at radius 1 is 1.50 bits per heavy atom. The molecule has 16 heavy (non-hydrogen) atoms. The van der Waals surface area contributed by atoms with E-state index in [9.17, 15) is 4.79 Å². The number of carbonyl (C=O) groups excluding carboxylic acids is 1. The fraction of sp³-hybridized carbons (Fsp3) is 0.333. The highest BCUT2D eigenvalue weighted by molar-refractivity contribution is 6.47. The summed E-state index contributed by atoms with van der Waals surface area (Å²) in [4.78, 5) is 18.4. The molecule has 84 valence electrons. The summed E-state index contributed by atoms with van der Waals surface area (Å²) >= 11 is 0. The Hall–Kier alpha value is -1.84. The first kappa shape index (κ1) is 10.7. The van der Waals surface area contributed by atoms with Crippen LogP contribution in [0.1, 0.15) is 13.3 Å². The highest BCUT2D eigenvalue weighted by Gasteiger charge is 2.31. The zero-order valence-electron chi connectivity index (χ0n) is 9.38. The summed E-state index contributed by atoms with van der Waals surface area (Å²) < 4.78 is 0. The summed E-state index contributed by atoms with van der Waals surface area (Å²) in [5.74, 6) is -0.0932. The van der Waals surface area contributed by atoms with Crippen molar-refractivity contribution in [1.82, 2.24) is 4.90 Å². The zero-order valence-corrected chi connectivity index (χ0v) is 9.38. The van der Waals surface area contributed by atoms with Gasteiger partial charge in [-0.2, -0.15) is 0 Å². The molecule has 1 aliphatic heterocycles. The summed E-state index contributed by atoms with van der Waals surface area (Å²) in [6.45, 7) is 1.86. The Bertz CT molecular complexity index is 419. The quantitative estimate of drug-likeness (QED) is 0.661. The van der Waals surface area contributed by atoms with Gasteiger partial charge in [-0.05, 0) is 13.3 Å². The fourth-order valence-electron chi connectivity index (χ4n) is 1.84. The van der Waals surface area contributed by atoms with E-state index in [2.05, 4.69) is 9.99 Å². The molecule has 4 nitrogen and oxygen atoms in total. The first-order chi connectivity index (χ1) is 7.74. The van der Waals surface area contributed by atoms with Crippen molar-refractivity contribution in [3.8, 4) is 0 Å². The van der Waals surface area contributed by atoms with Crippen molar-refractivity contribution in [3.63, 3.8) is 0 Å². The second-order valence-corrected chi connectivity index (χ2v) is 3.76. The van der Waals surface area contributed by atoms with Crippen LogP contribution in [0, 0.1) is 0 Å². The molecule has 0 aromatic rings. The molecular formula is C12H14N2O2. The van der Waals surface area contributed by atoms with Gasteiger partial charge in [0.2, 0.25) is 0 Å². The van der Waals surface area contributed by atoms with Gasteiger partial charge < -0.3 is 9.74 Å². The van der Waals surface area contributed by atoms with Crippen molar-refractivity contribution < 1.29 is 9.63 Å². The number of hydrogen-bond donors (Lipinski definition) is 0. The minimum absolute atomic E-state index is 0.0932. The maximum Gasteiger partial charge on any atom is 0.280 e. The monoisotopic (exact) mass is 218 g/mol. The highest BCUT2D eigenvalue weighted by atomic mass is 16.6. The minimum Gasteiger partial charge on any atom is -0.398 e. The lowest BCUT2D eigenvalue weighted by molar-refractivity contribution is -0.122. The lowest BCUT2D eigenvalue weighted by Crippen LogP contribution is -2.35. The van der Waals surface area contributed by atoms with E-state index >= 15 is 0 Å². The average molecular weight is 218 g/mol. The molecular weight excluding hydrogens is 204 g/mol. The van der Waals surface area contributed by atoms with Crippen LogP contribution in [0.3, 0.4) is 0 Å². The lowest BCUT2D eigenvalue weighted by atomic mass is 10.1. The Labute approximate surface area is 94.6 Å². The fourth-order valence-corrected chi connectivity index (χ4v) is 1.84. The van der Waals surface area contributed by atoms with E-state index in [4.69, 9.17) is 0 Å². The Morgan fingerprint density at radius 2 is 2.31 bits per heavy atom. The number of nitrogens with zero attached hydrogens (tertiary/aromatic N) is 2. The molecule has 0 saturated carbocycles. The van der Waals surface area contributed by atoms with Gasteiger partial charge in [0.25, 0.3) is 5.91 Å². The summed E-state index contributed by atoms with van der Waals surface area (Å²) in [6.07, 6.45) is 10.7. The molecule has 2 aliphatic rings. The number of allylic oxidation sites excluding steroid dienone is 2. The molecule has 0 saturated heterocycles. The molecule has 1 amide bonds. The second kappa shape index (κ2) is 4.35. The predicted molar refractivity (Wildman–Crippen MR) is 61.7 cm³/mol. The van der Waals surface area contributed by atoms with Gasteiger partial charge >= 0.3 is 0 Å². The number of carbonyl (C=O) groups is 1. The van der Waals surface area contributed by atoms with Gasteiger partial charge in [-0.3, -0.25) is 4.79 Å². The number of oxime groups is 1. The van der Waals surface area contributed by atoms with E-state index in [0.717, 1.165) is 12.0 Å². The first-order valence-electron chi connectivity index (χ1n) is 5.20. The van der Waals surface area contributed by atoms with Crippen LogP contribution in [0.15, 0.2) is 41.2 Å². The average Bonchev–Trinajstić information content (AvgIpc) is 2.59. The van der Waals surface area contributed by atoms with Crippen LogP contribution in [-0.4, -0.2) is 29.7 Å². The van der Waals surface area contributed by atoms with Gasteiger partial charge in [0.15, 0.2) is 5.71 Å². The minimum atomic E-state index is -0.0932. The Morgan fingerprint density at radius 3 is 2.94 bits per heavy atom. The largest absolute Gasteiger partial charge is 0.398 e. The van der Waals surface area contributed by atoms with Crippen molar-refractivity contribution in [1.29, 1.82) is 0 Å². The number of amides is 1. The van der Waals surface area contributed by atoms with E-state index in [1.807, 2.05) is 37.4 Å². The third-order valence-corrected chi connectivity index (χ3v) is 2.64. The van der Waals surface area contributed by atoms with Crippen molar-refractivity contribution in [3.05, 3.63) is 36.1 Å². The molecule has 0 N–H and O–H groups in total. The molecule has 4 heteroatoms. The third-order valence-electron chi connectivity index (χ3n) is 2.64. The van der Waals surface area contributed by atoms with E-state index in [0.29, 0.717) is 5.71 Å². The van der Waals surface area contributed by atoms with Crippen LogP contribution in [0.2, 0.25) is 0 Å². The standard InChI is InChI=1S/C12H14N2O2/c1-9-8-14(10-6-4-3-5-7-10)12(15)11(9)13-16-2/h3-6,8,10H,7H2,1-2H3/b13-11-. The van der Waals surface area contributed by atoms with Crippen LogP contribution in [0.4, 0.5) is 0 Å². The summed E-state index contributed by atoms with van der Waals surface area (Å²) in [5.41, 5.74) is 1.24.